The van der Waals surface area contributed by atoms with Gasteiger partial charge in [0.2, 0.25) is 0 Å². The fourth-order valence-corrected chi connectivity index (χ4v) is 1.30. The lowest BCUT2D eigenvalue weighted by molar-refractivity contribution is -0.190. The van der Waals surface area contributed by atoms with Crippen molar-refractivity contribution in [2.45, 2.75) is 51.0 Å². The summed E-state index contributed by atoms with van der Waals surface area (Å²) in [7, 11) is 0. The molecule has 1 fully saturated rings. The summed E-state index contributed by atoms with van der Waals surface area (Å²) in [5.41, 5.74) is 0. The Bertz CT molecular complexity index is 173. The first-order valence-corrected chi connectivity index (χ1v) is 4.88. The van der Waals surface area contributed by atoms with Gasteiger partial charge in [-0.15, -0.1) is 0 Å². The van der Waals surface area contributed by atoms with Gasteiger partial charge >= 0.3 is 0 Å². The third-order valence-electron chi connectivity index (χ3n) is 2.44. The minimum atomic E-state index is -1.08. The van der Waals surface area contributed by atoms with Crippen LogP contribution in [0.4, 0.5) is 0 Å². The Hall–Kier alpha value is -0.200. The van der Waals surface area contributed by atoms with Gasteiger partial charge in [0.25, 0.3) is 0 Å². The molecule has 1 aliphatic rings. The minimum Gasteiger partial charge on any atom is -0.394 e. The van der Waals surface area contributed by atoms with Crippen LogP contribution < -0.4 is 0 Å². The van der Waals surface area contributed by atoms with Gasteiger partial charge in [0.05, 0.1) is 12.7 Å². The van der Waals surface area contributed by atoms with Crippen LogP contribution in [0.15, 0.2) is 0 Å². The molecule has 0 aromatic rings. The maximum absolute atomic E-state index is 9.49. The fourth-order valence-electron chi connectivity index (χ4n) is 1.30. The van der Waals surface area contributed by atoms with Gasteiger partial charge in [0, 0.05) is 0 Å². The van der Waals surface area contributed by atoms with Crippen molar-refractivity contribution in [1.82, 2.24) is 0 Å². The molecule has 1 aliphatic heterocycles. The van der Waals surface area contributed by atoms with Crippen LogP contribution in [0, 0.1) is 0 Å². The first kappa shape index (κ1) is 11.9. The van der Waals surface area contributed by atoms with Gasteiger partial charge in [0.15, 0.2) is 6.29 Å². The number of ether oxygens (including phenoxy) is 2. The molecule has 1 heterocycles. The summed E-state index contributed by atoms with van der Waals surface area (Å²) in [6.45, 7) is 3.49. The van der Waals surface area contributed by atoms with Gasteiger partial charge in [-0.2, -0.15) is 0 Å². The molecule has 0 aromatic carbocycles. The zero-order valence-electron chi connectivity index (χ0n) is 8.46. The van der Waals surface area contributed by atoms with Gasteiger partial charge in [-0.1, -0.05) is 6.92 Å². The lowest BCUT2D eigenvalue weighted by Gasteiger charge is -2.19. The molecule has 5 heteroatoms. The normalized spacial score (nSPS) is 40.1. The molecule has 1 unspecified atom stereocenters. The lowest BCUT2D eigenvalue weighted by Crippen LogP contribution is -2.35. The highest BCUT2D eigenvalue weighted by atomic mass is 16.7. The summed E-state index contributed by atoms with van der Waals surface area (Å²) in [4.78, 5) is 0. The Labute approximate surface area is 83.3 Å². The first-order valence-electron chi connectivity index (χ1n) is 4.88. The van der Waals surface area contributed by atoms with Gasteiger partial charge in [-0.3, -0.25) is 0 Å². The molecule has 0 aromatic heterocycles. The Morgan fingerprint density at radius 1 is 1.36 bits per heavy atom. The van der Waals surface area contributed by atoms with E-state index in [9.17, 15) is 10.2 Å². The second-order valence-corrected chi connectivity index (χ2v) is 3.56. The number of aliphatic hydroxyl groups excluding tert-OH is 3. The molecule has 0 aliphatic carbocycles. The summed E-state index contributed by atoms with van der Waals surface area (Å²) >= 11 is 0. The average Bonchev–Trinajstić information content (AvgIpc) is 2.45. The van der Waals surface area contributed by atoms with Crippen molar-refractivity contribution in [3.63, 3.8) is 0 Å². The third-order valence-corrected chi connectivity index (χ3v) is 2.44. The van der Waals surface area contributed by atoms with Crippen LogP contribution >= 0.6 is 0 Å². The summed E-state index contributed by atoms with van der Waals surface area (Å²) < 4.78 is 10.5. The van der Waals surface area contributed by atoms with E-state index in [1.807, 2.05) is 13.8 Å². The molecule has 3 N–H and O–H groups in total. The van der Waals surface area contributed by atoms with Crippen molar-refractivity contribution in [3.05, 3.63) is 0 Å². The monoisotopic (exact) mass is 206 g/mol. The Kier molecular flexibility index (Phi) is 4.28. The quantitative estimate of drug-likeness (QED) is 0.563. The van der Waals surface area contributed by atoms with E-state index in [1.165, 1.54) is 0 Å². The molecule has 0 amide bonds. The summed E-state index contributed by atoms with van der Waals surface area (Å²) in [6.07, 6.45) is -2.99. The van der Waals surface area contributed by atoms with Crippen molar-refractivity contribution < 1.29 is 24.8 Å². The zero-order chi connectivity index (χ0) is 10.7. The van der Waals surface area contributed by atoms with Gasteiger partial charge < -0.3 is 24.8 Å². The van der Waals surface area contributed by atoms with Crippen LogP contribution in [0.3, 0.4) is 0 Å². The maximum Gasteiger partial charge on any atom is 0.186 e. The molecule has 1 rings (SSSR count). The van der Waals surface area contributed by atoms with E-state index in [4.69, 9.17) is 14.6 Å². The number of hydrogen-bond donors (Lipinski definition) is 3. The molecule has 5 nitrogen and oxygen atoms in total. The van der Waals surface area contributed by atoms with E-state index >= 15 is 0 Å². The van der Waals surface area contributed by atoms with Crippen LogP contribution in [0.5, 0.6) is 0 Å². The Balaban J connectivity index is 2.48. The highest BCUT2D eigenvalue weighted by Gasteiger charge is 2.43. The third kappa shape index (κ3) is 2.43. The van der Waals surface area contributed by atoms with E-state index in [1.54, 1.807) is 0 Å². The zero-order valence-corrected chi connectivity index (χ0v) is 8.46. The Morgan fingerprint density at radius 2 is 2.00 bits per heavy atom. The predicted octanol–water partition coefficient (Wildman–Crippen LogP) is -0.760. The average molecular weight is 206 g/mol. The molecular formula is C9H18O5. The predicted molar refractivity (Wildman–Crippen MR) is 48.6 cm³/mol. The summed E-state index contributed by atoms with van der Waals surface area (Å²) in [6, 6.07) is 0. The minimum absolute atomic E-state index is 0.0423. The van der Waals surface area contributed by atoms with Gasteiger partial charge in [-0.25, -0.2) is 0 Å². The molecule has 0 bridgehead atoms. The smallest absolute Gasteiger partial charge is 0.186 e. The van der Waals surface area contributed by atoms with Crippen molar-refractivity contribution in [1.29, 1.82) is 0 Å². The van der Waals surface area contributed by atoms with Crippen molar-refractivity contribution in [2.75, 3.05) is 6.61 Å². The second kappa shape index (κ2) is 5.04. The van der Waals surface area contributed by atoms with Crippen LogP contribution in [0.25, 0.3) is 0 Å². The molecule has 1 saturated heterocycles. The molecule has 5 atom stereocenters. The first-order chi connectivity index (χ1) is 6.60. The van der Waals surface area contributed by atoms with Crippen molar-refractivity contribution in [2.24, 2.45) is 0 Å². The maximum atomic E-state index is 9.49. The van der Waals surface area contributed by atoms with Crippen molar-refractivity contribution in [3.8, 4) is 0 Å². The molecule has 84 valence electrons. The molecule has 0 radical (unpaired) electrons. The van der Waals surface area contributed by atoms with E-state index in [-0.39, 0.29) is 12.7 Å². The highest BCUT2D eigenvalue weighted by molar-refractivity contribution is 4.86. The molecule has 0 saturated carbocycles. The summed E-state index contributed by atoms with van der Waals surface area (Å²) in [5.74, 6) is 0. The van der Waals surface area contributed by atoms with E-state index in [2.05, 4.69) is 0 Å². The van der Waals surface area contributed by atoms with E-state index in [0.717, 1.165) is 6.42 Å². The van der Waals surface area contributed by atoms with Crippen LogP contribution in [0.1, 0.15) is 20.3 Å². The SMILES string of the molecule is CCC(C)O[C@@H]1O[C@@H](CO)[C@H](O)[C@H]1O. The van der Waals surface area contributed by atoms with Gasteiger partial charge in [-0.05, 0) is 13.3 Å². The molecular weight excluding hydrogens is 188 g/mol. The Morgan fingerprint density at radius 3 is 2.43 bits per heavy atom. The van der Waals surface area contributed by atoms with Crippen molar-refractivity contribution >= 4 is 0 Å². The lowest BCUT2D eigenvalue weighted by atomic mass is 10.1. The molecule has 14 heavy (non-hydrogen) atoms. The van der Waals surface area contributed by atoms with E-state index in [0.29, 0.717) is 0 Å². The topological polar surface area (TPSA) is 79.2 Å². The van der Waals surface area contributed by atoms with Gasteiger partial charge in [0.1, 0.15) is 18.3 Å². The fraction of sp³-hybridized carbons (Fsp3) is 1.00. The van der Waals surface area contributed by atoms with Crippen LogP contribution in [0.2, 0.25) is 0 Å². The molecule has 0 spiro atoms. The second-order valence-electron chi connectivity index (χ2n) is 3.56. The standard InChI is InChI=1S/C9H18O5/c1-3-5(2)13-9-8(12)7(11)6(4-10)14-9/h5-12H,3-4H2,1-2H3/t5?,6-,7-,8+,9+/m0/s1. The summed E-state index contributed by atoms with van der Waals surface area (Å²) in [5, 5.41) is 27.7. The van der Waals surface area contributed by atoms with Crippen LogP contribution in [-0.4, -0.2) is 52.6 Å². The number of hydrogen-bond acceptors (Lipinski definition) is 5. The number of rotatable bonds is 4. The number of aliphatic hydroxyl groups is 3. The highest BCUT2D eigenvalue weighted by Crippen LogP contribution is 2.23. The largest absolute Gasteiger partial charge is 0.394 e. The van der Waals surface area contributed by atoms with E-state index < -0.39 is 24.6 Å². The van der Waals surface area contributed by atoms with Crippen LogP contribution in [-0.2, 0) is 9.47 Å².